The van der Waals surface area contributed by atoms with Crippen molar-refractivity contribution in [3.05, 3.63) is 52.5 Å². The van der Waals surface area contributed by atoms with Crippen molar-refractivity contribution < 1.29 is 19.1 Å². The fraction of sp³-hybridized carbons (Fsp3) is 0.333. The molecule has 0 aliphatic rings. The summed E-state index contributed by atoms with van der Waals surface area (Å²) in [6, 6.07) is 9.65. The van der Waals surface area contributed by atoms with Crippen LogP contribution in [0.1, 0.15) is 47.9 Å². The average Bonchev–Trinajstić information content (AvgIpc) is 2.66. The first-order valence-corrected chi connectivity index (χ1v) is 9.47. The SMILES string of the molecule is CCCNC(=O)c1ccc(Cl)cc1NC(=O)c1ccc(OC(C)C)c(OC)c1. The lowest BCUT2D eigenvalue weighted by atomic mass is 10.1. The number of halogens is 1. The van der Waals surface area contributed by atoms with Crippen molar-refractivity contribution >= 4 is 29.1 Å². The first kappa shape index (κ1) is 21.6. The van der Waals surface area contributed by atoms with E-state index in [4.69, 9.17) is 21.1 Å². The van der Waals surface area contributed by atoms with E-state index >= 15 is 0 Å². The number of ether oxygens (including phenoxy) is 2. The molecule has 0 aliphatic heterocycles. The van der Waals surface area contributed by atoms with Crippen molar-refractivity contribution in [2.24, 2.45) is 0 Å². The van der Waals surface area contributed by atoms with Gasteiger partial charge in [0.15, 0.2) is 11.5 Å². The summed E-state index contributed by atoms with van der Waals surface area (Å²) < 4.78 is 11.0. The maximum Gasteiger partial charge on any atom is 0.255 e. The van der Waals surface area contributed by atoms with Crippen LogP contribution in [0.25, 0.3) is 0 Å². The van der Waals surface area contributed by atoms with E-state index in [0.717, 1.165) is 6.42 Å². The second kappa shape index (κ2) is 9.99. The molecule has 0 aromatic heterocycles. The summed E-state index contributed by atoms with van der Waals surface area (Å²) in [6.07, 6.45) is 0.787. The molecule has 2 aromatic rings. The van der Waals surface area contributed by atoms with Crippen molar-refractivity contribution in [2.45, 2.75) is 33.3 Å². The van der Waals surface area contributed by atoms with Crippen LogP contribution in [0.15, 0.2) is 36.4 Å². The van der Waals surface area contributed by atoms with E-state index in [1.165, 1.54) is 7.11 Å². The van der Waals surface area contributed by atoms with Gasteiger partial charge < -0.3 is 20.1 Å². The van der Waals surface area contributed by atoms with Crippen LogP contribution in [-0.4, -0.2) is 31.6 Å². The molecule has 0 saturated carbocycles. The van der Waals surface area contributed by atoms with Gasteiger partial charge in [-0.3, -0.25) is 9.59 Å². The van der Waals surface area contributed by atoms with Gasteiger partial charge in [0.25, 0.3) is 11.8 Å². The molecule has 0 radical (unpaired) electrons. The molecule has 2 aromatic carbocycles. The molecule has 2 amide bonds. The zero-order valence-electron chi connectivity index (χ0n) is 16.5. The Kier molecular flexibility index (Phi) is 7.70. The van der Waals surface area contributed by atoms with Gasteiger partial charge >= 0.3 is 0 Å². The second-order valence-electron chi connectivity index (χ2n) is 6.43. The third-order valence-electron chi connectivity index (χ3n) is 3.80. The highest BCUT2D eigenvalue weighted by Gasteiger charge is 2.17. The molecule has 6 nitrogen and oxygen atoms in total. The molecule has 0 fully saturated rings. The molecule has 28 heavy (non-hydrogen) atoms. The molecule has 0 aliphatic carbocycles. The summed E-state index contributed by atoms with van der Waals surface area (Å²) in [4.78, 5) is 25.1. The number of amides is 2. The van der Waals surface area contributed by atoms with Crippen molar-refractivity contribution in [3.63, 3.8) is 0 Å². The predicted octanol–water partition coefficient (Wildman–Crippen LogP) is 4.53. The Labute approximate surface area is 170 Å². The number of hydrogen-bond acceptors (Lipinski definition) is 4. The van der Waals surface area contributed by atoms with E-state index in [9.17, 15) is 9.59 Å². The molecule has 0 unspecified atom stereocenters. The molecule has 0 atom stereocenters. The van der Waals surface area contributed by atoms with Crippen molar-refractivity contribution in [3.8, 4) is 11.5 Å². The maximum atomic E-state index is 12.7. The van der Waals surface area contributed by atoms with E-state index in [1.807, 2.05) is 20.8 Å². The highest BCUT2D eigenvalue weighted by molar-refractivity contribution is 6.31. The van der Waals surface area contributed by atoms with Crippen LogP contribution in [0.3, 0.4) is 0 Å². The number of rotatable bonds is 8. The summed E-state index contributed by atoms with van der Waals surface area (Å²) in [6.45, 7) is 6.32. The first-order valence-electron chi connectivity index (χ1n) is 9.09. The van der Waals surface area contributed by atoms with Gasteiger partial charge in [0.2, 0.25) is 0 Å². The van der Waals surface area contributed by atoms with E-state index < -0.39 is 0 Å². The van der Waals surface area contributed by atoms with Crippen LogP contribution in [0, 0.1) is 0 Å². The number of nitrogens with one attached hydrogen (secondary N) is 2. The monoisotopic (exact) mass is 404 g/mol. The van der Waals surface area contributed by atoms with Crippen LogP contribution in [0.5, 0.6) is 11.5 Å². The molecule has 150 valence electrons. The maximum absolute atomic E-state index is 12.7. The fourth-order valence-electron chi connectivity index (χ4n) is 2.51. The van der Waals surface area contributed by atoms with E-state index in [0.29, 0.717) is 39.9 Å². The highest BCUT2D eigenvalue weighted by atomic mass is 35.5. The van der Waals surface area contributed by atoms with Crippen molar-refractivity contribution in [2.75, 3.05) is 19.0 Å². The molecule has 0 spiro atoms. The number of benzene rings is 2. The van der Waals surface area contributed by atoms with Crippen LogP contribution < -0.4 is 20.1 Å². The lowest BCUT2D eigenvalue weighted by molar-refractivity contribution is 0.0954. The summed E-state index contributed by atoms with van der Waals surface area (Å²) in [5.41, 5.74) is 1.05. The Balaban J connectivity index is 2.27. The topological polar surface area (TPSA) is 76.7 Å². The minimum absolute atomic E-state index is 0.0239. The van der Waals surface area contributed by atoms with Crippen LogP contribution >= 0.6 is 11.6 Å². The van der Waals surface area contributed by atoms with Gasteiger partial charge in [0.1, 0.15) is 0 Å². The molecule has 0 heterocycles. The van der Waals surface area contributed by atoms with Gasteiger partial charge in [-0.05, 0) is 56.7 Å². The zero-order chi connectivity index (χ0) is 20.7. The molecule has 0 saturated heterocycles. The Bertz CT molecular complexity index is 852. The van der Waals surface area contributed by atoms with Gasteiger partial charge in [0.05, 0.1) is 24.5 Å². The number of methoxy groups -OCH3 is 1. The van der Waals surface area contributed by atoms with Gasteiger partial charge in [-0.15, -0.1) is 0 Å². The Morgan fingerprint density at radius 3 is 2.46 bits per heavy atom. The highest BCUT2D eigenvalue weighted by Crippen LogP contribution is 2.30. The summed E-state index contributed by atoms with van der Waals surface area (Å²) in [5.74, 6) is 0.345. The summed E-state index contributed by atoms with van der Waals surface area (Å²) in [7, 11) is 1.51. The number of carbonyl (C=O) groups is 2. The van der Waals surface area contributed by atoms with E-state index in [-0.39, 0.29) is 17.9 Å². The molecular weight excluding hydrogens is 380 g/mol. The lowest BCUT2D eigenvalue weighted by Crippen LogP contribution is -2.25. The second-order valence-corrected chi connectivity index (χ2v) is 6.87. The standard InChI is InChI=1S/C21H25ClN2O4/c1-5-10-23-21(26)16-8-7-15(22)12-17(16)24-20(25)14-6-9-18(28-13(2)3)19(11-14)27-4/h6-9,11-13H,5,10H2,1-4H3,(H,23,26)(H,24,25). The normalized spacial score (nSPS) is 10.5. The summed E-state index contributed by atoms with van der Waals surface area (Å²) >= 11 is 6.05. The summed E-state index contributed by atoms with van der Waals surface area (Å²) in [5, 5.41) is 5.97. The fourth-order valence-corrected chi connectivity index (χ4v) is 2.68. The van der Waals surface area contributed by atoms with Crippen LogP contribution in [-0.2, 0) is 0 Å². The van der Waals surface area contributed by atoms with E-state index in [2.05, 4.69) is 10.6 Å². The molecule has 7 heteroatoms. The average molecular weight is 405 g/mol. The third kappa shape index (κ3) is 5.63. The van der Waals surface area contributed by atoms with Gasteiger partial charge in [0, 0.05) is 17.1 Å². The quantitative estimate of drug-likeness (QED) is 0.677. The van der Waals surface area contributed by atoms with Crippen LogP contribution in [0.2, 0.25) is 5.02 Å². The lowest BCUT2D eigenvalue weighted by Gasteiger charge is -2.15. The Morgan fingerprint density at radius 1 is 1.07 bits per heavy atom. The van der Waals surface area contributed by atoms with Crippen LogP contribution in [0.4, 0.5) is 5.69 Å². The minimum atomic E-state index is -0.388. The third-order valence-corrected chi connectivity index (χ3v) is 4.03. The molecular formula is C21H25ClN2O4. The number of hydrogen-bond donors (Lipinski definition) is 2. The minimum Gasteiger partial charge on any atom is -0.493 e. The van der Waals surface area contributed by atoms with Gasteiger partial charge in [-0.2, -0.15) is 0 Å². The van der Waals surface area contributed by atoms with Gasteiger partial charge in [-0.1, -0.05) is 18.5 Å². The molecule has 2 rings (SSSR count). The van der Waals surface area contributed by atoms with Gasteiger partial charge in [-0.25, -0.2) is 0 Å². The van der Waals surface area contributed by atoms with Crippen molar-refractivity contribution in [1.82, 2.24) is 5.32 Å². The Morgan fingerprint density at radius 2 is 1.82 bits per heavy atom. The number of anilines is 1. The molecule has 0 bridgehead atoms. The smallest absolute Gasteiger partial charge is 0.255 e. The van der Waals surface area contributed by atoms with Crippen molar-refractivity contribution in [1.29, 1.82) is 0 Å². The van der Waals surface area contributed by atoms with E-state index in [1.54, 1.807) is 36.4 Å². The zero-order valence-corrected chi connectivity index (χ0v) is 17.2. The first-order chi connectivity index (χ1) is 13.3. The predicted molar refractivity (Wildman–Crippen MR) is 111 cm³/mol. The number of carbonyl (C=O) groups excluding carboxylic acids is 2. The largest absolute Gasteiger partial charge is 0.493 e. The molecule has 2 N–H and O–H groups in total. The Hall–Kier alpha value is -2.73.